The molecule has 2 N–H and O–H groups in total. The van der Waals surface area contributed by atoms with E-state index in [0.29, 0.717) is 18.0 Å². The number of benzene rings is 1. The Balaban J connectivity index is 2.17. The van der Waals surface area contributed by atoms with Crippen molar-refractivity contribution in [2.45, 2.75) is 39.0 Å². The first-order valence-corrected chi connectivity index (χ1v) is 7.57. The molecule has 0 unspecified atom stereocenters. The molecule has 1 aromatic carbocycles. The van der Waals surface area contributed by atoms with Crippen molar-refractivity contribution >= 4 is 5.78 Å². The fourth-order valence-corrected chi connectivity index (χ4v) is 3.12. The highest BCUT2D eigenvalue weighted by atomic mass is 19.1. The summed E-state index contributed by atoms with van der Waals surface area (Å²) in [7, 11) is 1.42. The molecule has 4 heteroatoms. The van der Waals surface area contributed by atoms with Gasteiger partial charge in [-0.05, 0) is 43.2 Å². The van der Waals surface area contributed by atoms with E-state index in [1.54, 1.807) is 18.2 Å². The molecule has 0 bridgehead atoms. The second-order valence-electron chi connectivity index (χ2n) is 6.20. The molecule has 1 fully saturated rings. The fraction of sp³-hybridized carbons (Fsp3) is 0.588. The van der Waals surface area contributed by atoms with Gasteiger partial charge in [-0.1, -0.05) is 19.1 Å². The highest BCUT2D eigenvalue weighted by molar-refractivity contribution is 5.87. The number of methoxy groups -OCH3 is 1. The lowest BCUT2D eigenvalue weighted by molar-refractivity contribution is -0.129. The smallest absolute Gasteiger partial charge is 0.168 e. The molecule has 0 aliphatic heterocycles. The van der Waals surface area contributed by atoms with Crippen molar-refractivity contribution in [3.63, 3.8) is 0 Å². The van der Waals surface area contributed by atoms with E-state index in [-0.39, 0.29) is 18.0 Å². The number of ether oxygens (including phenoxy) is 1. The van der Waals surface area contributed by atoms with Crippen LogP contribution in [-0.4, -0.2) is 19.4 Å². The molecule has 1 aromatic rings. The predicted molar refractivity (Wildman–Crippen MR) is 80.8 cm³/mol. The molecule has 0 aromatic heterocycles. The van der Waals surface area contributed by atoms with Crippen LogP contribution in [0.5, 0.6) is 5.75 Å². The lowest BCUT2D eigenvalue weighted by atomic mass is 9.67. The van der Waals surface area contributed by atoms with E-state index in [9.17, 15) is 9.18 Å². The summed E-state index contributed by atoms with van der Waals surface area (Å²) >= 11 is 0. The monoisotopic (exact) mass is 293 g/mol. The second kappa shape index (κ2) is 6.56. The third-order valence-corrected chi connectivity index (χ3v) is 4.83. The molecule has 1 aliphatic carbocycles. The first-order chi connectivity index (χ1) is 10.0. The molecule has 116 valence electrons. The highest BCUT2D eigenvalue weighted by Crippen LogP contribution is 2.39. The predicted octanol–water partition coefficient (Wildman–Crippen LogP) is 3.10. The van der Waals surface area contributed by atoms with Crippen molar-refractivity contribution in [1.29, 1.82) is 0 Å². The largest absolute Gasteiger partial charge is 0.494 e. The molecule has 1 aliphatic rings. The van der Waals surface area contributed by atoms with Crippen LogP contribution in [0.15, 0.2) is 18.2 Å². The standard InChI is InChI=1S/C17H24FNO2/c1-12-6-8-17(11-19,9-7-12)15(20)10-13-4-3-5-14(21-2)16(13)18/h3-5,12H,6-11,19H2,1-2H3. The Labute approximate surface area is 125 Å². The fourth-order valence-electron chi connectivity index (χ4n) is 3.12. The summed E-state index contributed by atoms with van der Waals surface area (Å²) in [5, 5.41) is 0. The van der Waals surface area contributed by atoms with Crippen LogP contribution in [0.25, 0.3) is 0 Å². The molecule has 3 nitrogen and oxygen atoms in total. The Bertz CT molecular complexity index is 508. The Morgan fingerprint density at radius 3 is 2.67 bits per heavy atom. The molecule has 0 heterocycles. The van der Waals surface area contributed by atoms with E-state index in [1.807, 2.05) is 0 Å². The van der Waals surface area contributed by atoms with Crippen LogP contribution in [0.1, 0.15) is 38.2 Å². The number of hydrogen-bond acceptors (Lipinski definition) is 3. The minimum Gasteiger partial charge on any atom is -0.494 e. The van der Waals surface area contributed by atoms with Crippen molar-refractivity contribution in [1.82, 2.24) is 0 Å². The first-order valence-electron chi connectivity index (χ1n) is 7.57. The Kier molecular flexibility index (Phi) is 4.99. The summed E-state index contributed by atoms with van der Waals surface area (Å²) in [5.41, 5.74) is 5.82. The summed E-state index contributed by atoms with van der Waals surface area (Å²) in [4.78, 5) is 12.7. The molecule has 0 atom stereocenters. The van der Waals surface area contributed by atoms with Crippen LogP contribution in [-0.2, 0) is 11.2 Å². The maximum atomic E-state index is 14.2. The molecule has 0 saturated heterocycles. The average Bonchev–Trinajstić information content (AvgIpc) is 2.50. The number of carbonyl (C=O) groups excluding carboxylic acids is 1. The molecule has 0 spiro atoms. The van der Waals surface area contributed by atoms with E-state index in [4.69, 9.17) is 10.5 Å². The first kappa shape index (κ1) is 16.0. The second-order valence-corrected chi connectivity index (χ2v) is 6.20. The molecular formula is C17H24FNO2. The van der Waals surface area contributed by atoms with E-state index in [1.165, 1.54) is 7.11 Å². The number of hydrogen-bond donors (Lipinski definition) is 1. The van der Waals surface area contributed by atoms with Gasteiger partial charge in [0.2, 0.25) is 0 Å². The van der Waals surface area contributed by atoms with Crippen LogP contribution in [0.2, 0.25) is 0 Å². The van der Waals surface area contributed by atoms with Gasteiger partial charge in [0.15, 0.2) is 11.6 Å². The van der Waals surface area contributed by atoms with Gasteiger partial charge in [-0.25, -0.2) is 4.39 Å². The van der Waals surface area contributed by atoms with Crippen molar-refractivity contribution in [2.24, 2.45) is 17.1 Å². The zero-order valence-electron chi connectivity index (χ0n) is 12.8. The Hall–Kier alpha value is -1.42. The van der Waals surface area contributed by atoms with E-state index in [0.717, 1.165) is 25.7 Å². The Morgan fingerprint density at radius 1 is 1.43 bits per heavy atom. The summed E-state index contributed by atoms with van der Waals surface area (Å²) in [6.07, 6.45) is 3.76. The summed E-state index contributed by atoms with van der Waals surface area (Å²) in [6.45, 7) is 2.55. The van der Waals surface area contributed by atoms with Gasteiger partial charge in [0.05, 0.1) is 7.11 Å². The van der Waals surface area contributed by atoms with Gasteiger partial charge in [-0.3, -0.25) is 4.79 Å². The summed E-state index contributed by atoms with van der Waals surface area (Å²) < 4.78 is 19.1. The minimum atomic E-state index is -0.470. The van der Waals surface area contributed by atoms with E-state index >= 15 is 0 Å². The molecule has 21 heavy (non-hydrogen) atoms. The lowest BCUT2D eigenvalue weighted by Gasteiger charge is -2.37. The molecular weight excluding hydrogens is 269 g/mol. The number of rotatable bonds is 5. The van der Waals surface area contributed by atoms with E-state index in [2.05, 4.69) is 6.92 Å². The average molecular weight is 293 g/mol. The number of nitrogens with two attached hydrogens (primary N) is 1. The number of carbonyl (C=O) groups is 1. The van der Waals surface area contributed by atoms with Crippen molar-refractivity contribution in [3.8, 4) is 5.75 Å². The van der Waals surface area contributed by atoms with Gasteiger partial charge in [0.25, 0.3) is 0 Å². The minimum absolute atomic E-state index is 0.0593. The van der Waals surface area contributed by atoms with Gasteiger partial charge in [-0.15, -0.1) is 0 Å². The lowest BCUT2D eigenvalue weighted by Crippen LogP contribution is -2.42. The quantitative estimate of drug-likeness (QED) is 0.907. The third-order valence-electron chi connectivity index (χ3n) is 4.83. The normalized spacial score (nSPS) is 25.6. The van der Waals surface area contributed by atoms with Gasteiger partial charge >= 0.3 is 0 Å². The van der Waals surface area contributed by atoms with Crippen LogP contribution in [0.3, 0.4) is 0 Å². The molecule has 0 amide bonds. The maximum Gasteiger partial charge on any atom is 0.168 e. The summed E-state index contributed by atoms with van der Waals surface area (Å²) in [6, 6.07) is 4.91. The highest BCUT2D eigenvalue weighted by Gasteiger charge is 2.39. The van der Waals surface area contributed by atoms with Gasteiger partial charge in [0.1, 0.15) is 5.78 Å². The maximum absolute atomic E-state index is 14.2. The molecule has 1 saturated carbocycles. The third kappa shape index (κ3) is 3.26. The van der Waals surface area contributed by atoms with Crippen LogP contribution in [0.4, 0.5) is 4.39 Å². The van der Waals surface area contributed by atoms with Gasteiger partial charge in [-0.2, -0.15) is 0 Å². The van der Waals surface area contributed by atoms with Crippen LogP contribution >= 0.6 is 0 Å². The van der Waals surface area contributed by atoms with Crippen molar-refractivity contribution < 1.29 is 13.9 Å². The molecule has 2 rings (SSSR count). The van der Waals surface area contributed by atoms with Gasteiger partial charge in [0, 0.05) is 18.4 Å². The SMILES string of the molecule is COc1cccc(CC(=O)C2(CN)CCC(C)CC2)c1F. The van der Waals surface area contributed by atoms with Crippen molar-refractivity contribution in [3.05, 3.63) is 29.6 Å². The Morgan fingerprint density at radius 2 is 2.10 bits per heavy atom. The zero-order valence-corrected chi connectivity index (χ0v) is 12.8. The van der Waals surface area contributed by atoms with Crippen LogP contribution in [0, 0.1) is 17.2 Å². The van der Waals surface area contributed by atoms with Gasteiger partial charge < -0.3 is 10.5 Å². The zero-order chi connectivity index (χ0) is 15.5. The van der Waals surface area contributed by atoms with Crippen LogP contribution < -0.4 is 10.5 Å². The molecule has 0 radical (unpaired) electrons. The number of Topliss-reactive ketones (excluding diaryl/α,β-unsaturated/α-hetero) is 1. The summed E-state index contributed by atoms with van der Waals surface area (Å²) in [5.74, 6) is 0.444. The van der Waals surface area contributed by atoms with E-state index < -0.39 is 11.2 Å². The van der Waals surface area contributed by atoms with Crippen molar-refractivity contribution in [2.75, 3.05) is 13.7 Å². The topological polar surface area (TPSA) is 52.3 Å². The number of halogens is 1. The number of ketones is 1.